The van der Waals surface area contributed by atoms with Gasteiger partial charge in [0.15, 0.2) is 11.9 Å². The van der Waals surface area contributed by atoms with Gasteiger partial charge in [-0.2, -0.15) is 0 Å². The van der Waals surface area contributed by atoms with Crippen LogP contribution in [0.25, 0.3) is 0 Å². The lowest BCUT2D eigenvalue weighted by atomic mass is 9.78. The van der Waals surface area contributed by atoms with Crippen LogP contribution in [-0.2, 0) is 19.0 Å². The molecule has 0 aliphatic carbocycles. The summed E-state index contributed by atoms with van der Waals surface area (Å²) in [5.74, 6) is 2.80. The third-order valence-corrected chi connectivity index (χ3v) is 6.80. The van der Waals surface area contributed by atoms with Crippen LogP contribution < -0.4 is 9.47 Å². The highest BCUT2D eigenvalue weighted by Crippen LogP contribution is 2.45. The molecule has 0 saturated heterocycles. The molecule has 0 radical (unpaired) electrons. The van der Waals surface area contributed by atoms with Crippen LogP contribution in [0.15, 0.2) is 18.2 Å². The van der Waals surface area contributed by atoms with Crippen molar-refractivity contribution in [3.63, 3.8) is 0 Å². The molecule has 1 aromatic rings. The molecule has 182 valence electrons. The van der Waals surface area contributed by atoms with Gasteiger partial charge >= 0.3 is 0 Å². The Balaban J connectivity index is 1.85. The van der Waals surface area contributed by atoms with Crippen LogP contribution in [-0.4, -0.2) is 50.9 Å². The van der Waals surface area contributed by atoms with Crippen molar-refractivity contribution in [1.82, 2.24) is 0 Å². The number of methoxy groups -OCH3 is 2. The average molecular weight is 469 g/mol. The average Bonchev–Trinajstić information content (AvgIpc) is 2.78. The van der Waals surface area contributed by atoms with Gasteiger partial charge in [0.05, 0.1) is 0 Å². The number of unbranched alkanes of at least 4 members (excludes halogenated alkanes) is 6. The number of thioether (sulfide) groups is 1. The number of rotatable bonds is 16. The van der Waals surface area contributed by atoms with Crippen molar-refractivity contribution in [2.24, 2.45) is 0 Å². The van der Waals surface area contributed by atoms with Gasteiger partial charge in [0, 0.05) is 44.4 Å². The highest BCUT2D eigenvalue weighted by molar-refractivity contribution is 8.13. The maximum atomic E-state index is 10.9. The summed E-state index contributed by atoms with van der Waals surface area (Å²) in [4.78, 5) is 10.9. The highest BCUT2D eigenvalue weighted by Gasteiger charge is 2.42. The van der Waals surface area contributed by atoms with E-state index < -0.39 is 5.60 Å². The van der Waals surface area contributed by atoms with E-state index >= 15 is 0 Å². The van der Waals surface area contributed by atoms with Crippen molar-refractivity contribution in [3.8, 4) is 11.5 Å². The SMILES string of the molecule is COCOc1ccc2c(c1)OCC(C)(OCOC)C2CCCCCCCCCSC(C)=O. The van der Waals surface area contributed by atoms with Gasteiger partial charge in [-0.3, -0.25) is 4.79 Å². The molecule has 2 atom stereocenters. The Morgan fingerprint density at radius 2 is 1.75 bits per heavy atom. The molecule has 1 heterocycles. The first-order valence-electron chi connectivity index (χ1n) is 11.6. The Morgan fingerprint density at radius 1 is 1.06 bits per heavy atom. The first-order chi connectivity index (χ1) is 15.5. The summed E-state index contributed by atoms with van der Waals surface area (Å²) in [5.41, 5.74) is 0.745. The lowest BCUT2D eigenvalue weighted by molar-refractivity contribution is -0.155. The quantitative estimate of drug-likeness (QED) is 0.220. The van der Waals surface area contributed by atoms with E-state index in [2.05, 4.69) is 13.0 Å². The second kappa shape index (κ2) is 14.8. The molecule has 2 rings (SSSR count). The number of benzene rings is 1. The fourth-order valence-corrected chi connectivity index (χ4v) is 4.78. The summed E-state index contributed by atoms with van der Waals surface area (Å²) >= 11 is 1.44. The summed E-state index contributed by atoms with van der Waals surface area (Å²) in [7, 11) is 3.26. The van der Waals surface area contributed by atoms with Gasteiger partial charge in [0.25, 0.3) is 0 Å². The van der Waals surface area contributed by atoms with E-state index in [1.54, 1.807) is 21.1 Å². The molecule has 0 N–H and O–H groups in total. The van der Waals surface area contributed by atoms with Crippen molar-refractivity contribution < 1.29 is 28.5 Å². The maximum Gasteiger partial charge on any atom is 0.188 e. The van der Waals surface area contributed by atoms with Crippen molar-refractivity contribution in [1.29, 1.82) is 0 Å². The zero-order valence-corrected chi connectivity index (χ0v) is 21.0. The second-order valence-electron chi connectivity index (χ2n) is 8.56. The molecule has 32 heavy (non-hydrogen) atoms. The van der Waals surface area contributed by atoms with Crippen molar-refractivity contribution >= 4 is 16.9 Å². The van der Waals surface area contributed by atoms with Crippen molar-refractivity contribution in [2.45, 2.75) is 76.7 Å². The number of hydrogen-bond donors (Lipinski definition) is 0. The Labute approximate surface area is 197 Å². The van der Waals surface area contributed by atoms with Crippen LogP contribution in [0, 0.1) is 0 Å². The smallest absolute Gasteiger partial charge is 0.188 e. The first kappa shape index (κ1) is 27.0. The van der Waals surface area contributed by atoms with Gasteiger partial charge in [0.2, 0.25) is 0 Å². The van der Waals surface area contributed by atoms with E-state index in [0.717, 1.165) is 36.5 Å². The predicted molar refractivity (Wildman–Crippen MR) is 129 cm³/mol. The number of fused-ring (bicyclic) bond motifs is 1. The number of carbonyl (C=O) groups excluding carboxylic acids is 1. The summed E-state index contributed by atoms with van der Waals surface area (Å²) in [5, 5.41) is 0.222. The van der Waals surface area contributed by atoms with Crippen LogP contribution in [0.2, 0.25) is 0 Å². The molecular weight excluding hydrogens is 428 g/mol. The van der Waals surface area contributed by atoms with Crippen LogP contribution in [0.4, 0.5) is 0 Å². The Morgan fingerprint density at radius 3 is 2.44 bits per heavy atom. The van der Waals surface area contributed by atoms with Gasteiger partial charge in [0.1, 0.15) is 30.5 Å². The maximum absolute atomic E-state index is 10.9. The molecule has 7 heteroatoms. The van der Waals surface area contributed by atoms with Gasteiger partial charge in [-0.1, -0.05) is 56.4 Å². The Kier molecular flexibility index (Phi) is 12.5. The summed E-state index contributed by atoms with van der Waals surface area (Å²) in [6.45, 7) is 4.71. The zero-order chi connectivity index (χ0) is 23.2. The lowest BCUT2D eigenvalue weighted by Gasteiger charge is -2.42. The molecule has 0 saturated carbocycles. The molecular formula is C25H40O6S. The molecule has 0 spiro atoms. The van der Waals surface area contributed by atoms with Crippen molar-refractivity contribution in [2.75, 3.05) is 40.2 Å². The topological polar surface area (TPSA) is 63.2 Å². The fraction of sp³-hybridized carbons (Fsp3) is 0.720. The van der Waals surface area contributed by atoms with Crippen LogP contribution in [0.1, 0.15) is 76.7 Å². The molecule has 6 nitrogen and oxygen atoms in total. The third kappa shape index (κ3) is 8.93. The first-order valence-corrected chi connectivity index (χ1v) is 12.6. The lowest BCUT2D eigenvalue weighted by Crippen LogP contribution is -2.45. The van der Waals surface area contributed by atoms with E-state index in [0.29, 0.717) is 6.61 Å². The van der Waals surface area contributed by atoms with E-state index in [4.69, 9.17) is 23.7 Å². The molecule has 2 unspecified atom stereocenters. The van der Waals surface area contributed by atoms with E-state index in [-0.39, 0.29) is 24.6 Å². The molecule has 0 bridgehead atoms. The molecule has 0 fully saturated rings. The molecule has 1 aliphatic heterocycles. The standard InChI is InChI=1S/C25H40O6S/c1-20(26)32-15-11-9-7-5-6-8-10-12-23-22-14-13-21(30-18-27-3)16-24(22)29-17-25(23,2)31-19-28-4/h13-14,16,23H,5-12,15,17-19H2,1-4H3. The van der Waals surface area contributed by atoms with Gasteiger partial charge in [-0.25, -0.2) is 0 Å². The van der Waals surface area contributed by atoms with Gasteiger partial charge in [-0.15, -0.1) is 0 Å². The minimum absolute atomic E-state index is 0.215. The van der Waals surface area contributed by atoms with Crippen molar-refractivity contribution in [3.05, 3.63) is 23.8 Å². The molecule has 0 aromatic heterocycles. The highest BCUT2D eigenvalue weighted by atomic mass is 32.2. The van der Waals surface area contributed by atoms with E-state index in [1.165, 1.54) is 49.4 Å². The Hall–Kier alpha value is -1.28. The fourth-order valence-electron chi connectivity index (χ4n) is 4.14. The predicted octanol–water partition coefficient (Wildman–Crippen LogP) is 5.93. The summed E-state index contributed by atoms with van der Waals surface area (Å²) in [6.07, 6.45) is 9.50. The minimum Gasteiger partial charge on any atom is -0.490 e. The zero-order valence-electron chi connectivity index (χ0n) is 20.2. The summed E-state index contributed by atoms with van der Waals surface area (Å²) < 4.78 is 27.9. The number of ether oxygens (including phenoxy) is 5. The largest absolute Gasteiger partial charge is 0.490 e. The normalized spacial score (nSPS) is 19.9. The van der Waals surface area contributed by atoms with Gasteiger partial charge < -0.3 is 23.7 Å². The molecule has 1 aliphatic rings. The van der Waals surface area contributed by atoms with Gasteiger partial charge in [-0.05, 0) is 25.8 Å². The second-order valence-corrected chi connectivity index (χ2v) is 9.83. The summed E-state index contributed by atoms with van der Waals surface area (Å²) in [6, 6.07) is 6.01. The Bertz CT molecular complexity index is 682. The minimum atomic E-state index is -0.424. The number of carbonyl (C=O) groups is 1. The third-order valence-electron chi connectivity index (χ3n) is 5.90. The van der Waals surface area contributed by atoms with Crippen LogP contribution >= 0.6 is 11.8 Å². The van der Waals surface area contributed by atoms with E-state index in [9.17, 15) is 4.79 Å². The molecule has 1 aromatic carbocycles. The van der Waals surface area contributed by atoms with E-state index in [1.807, 2.05) is 12.1 Å². The van der Waals surface area contributed by atoms with Crippen LogP contribution in [0.5, 0.6) is 11.5 Å². The van der Waals surface area contributed by atoms with Crippen LogP contribution in [0.3, 0.4) is 0 Å². The number of hydrogen-bond acceptors (Lipinski definition) is 7. The molecule has 0 amide bonds. The monoisotopic (exact) mass is 468 g/mol.